The van der Waals surface area contributed by atoms with Crippen molar-refractivity contribution < 1.29 is 14.0 Å². The summed E-state index contributed by atoms with van der Waals surface area (Å²) < 4.78 is 13.6. The molecule has 0 aliphatic carbocycles. The molecule has 5 nitrogen and oxygen atoms in total. The molecule has 2 aromatic carbocycles. The molecule has 1 heterocycles. The molecule has 26 heavy (non-hydrogen) atoms. The van der Waals surface area contributed by atoms with Gasteiger partial charge in [-0.05, 0) is 47.7 Å². The Bertz CT molecular complexity index is 865. The number of hydrogen-bond donors (Lipinski definition) is 1. The van der Waals surface area contributed by atoms with Crippen molar-refractivity contribution in [3.63, 3.8) is 0 Å². The molecular formula is C19H18FN3O2S. The second-order valence-electron chi connectivity index (χ2n) is 5.91. The summed E-state index contributed by atoms with van der Waals surface area (Å²) in [4.78, 5) is 28.0. The standard InChI is InChI=1S/C19H18FN3O2S/c1-22(2)14-9-7-13(8-10-14)11-17-18(24)23(19(25)26-17)12-21-16-6-4-3-5-15(16)20/h3-11,21H,12H2,1-2H3/b17-11-. The number of amides is 2. The maximum Gasteiger partial charge on any atom is 0.295 e. The van der Waals surface area contributed by atoms with E-state index in [-0.39, 0.29) is 23.5 Å². The van der Waals surface area contributed by atoms with Crippen molar-refractivity contribution in [3.8, 4) is 0 Å². The molecule has 1 saturated heterocycles. The molecule has 7 heteroatoms. The molecule has 0 saturated carbocycles. The highest BCUT2D eigenvalue weighted by Gasteiger charge is 2.34. The van der Waals surface area contributed by atoms with Crippen molar-refractivity contribution in [2.24, 2.45) is 0 Å². The minimum atomic E-state index is -0.434. The summed E-state index contributed by atoms with van der Waals surface area (Å²) in [7, 11) is 3.89. The lowest BCUT2D eigenvalue weighted by Crippen LogP contribution is -2.33. The smallest absolute Gasteiger partial charge is 0.295 e. The number of carbonyl (C=O) groups excluding carboxylic acids is 2. The summed E-state index contributed by atoms with van der Waals surface area (Å²) in [5.41, 5.74) is 2.13. The number of rotatable bonds is 5. The van der Waals surface area contributed by atoms with E-state index < -0.39 is 5.82 Å². The van der Waals surface area contributed by atoms with E-state index in [9.17, 15) is 14.0 Å². The van der Waals surface area contributed by atoms with Crippen molar-refractivity contribution in [2.45, 2.75) is 0 Å². The fourth-order valence-electron chi connectivity index (χ4n) is 2.43. The molecule has 0 unspecified atom stereocenters. The summed E-state index contributed by atoms with van der Waals surface area (Å²) >= 11 is 0.881. The van der Waals surface area contributed by atoms with Gasteiger partial charge in [-0.3, -0.25) is 14.5 Å². The average molecular weight is 371 g/mol. The summed E-state index contributed by atoms with van der Waals surface area (Å²) in [5, 5.41) is 2.40. The molecule has 0 atom stereocenters. The topological polar surface area (TPSA) is 52.7 Å². The zero-order valence-electron chi connectivity index (χ0n) is 14.4. The van der Waals surface area contributed by atoms with Gasteiger partial charge in [0.1, 0.15) is 5.82 Å². The van der Waals surface area contributed by atoms with Gasteiger partial charge in [-0.25, -0.2) is 4.39 Å². The molecule has 2 aromatic rings. The third-order valence-electron chi connectivity index (χ3n) is 3.88. The second-order valence-corrected chi connectivity index (χ2v) is 6.90. The van der Waals surface area contributed by atoms with Gasteiger partial charge in [0.25, 0.3) is 11.1 Å². The van der Waals surface area contributed by atoms with Crippen LogP contribution < -0.4 is 10.2 Å². The molecule has 134 valence electrons. The Labute approximate surface area is 155 Å². The normalized spacial score (nSPS) is 15.7. The summed E-state index contributed by atoms with van der Waals surface area (Å²) in [6.07, 6.45) is 1.69. The molecule has 0 bridgehead atoms. The minimum absolute atomic E-state index is 0.0808. The fraction of sp³-hybridized carbons (Fsp3) is 0.158. The molecule has 2 amide bonds. The molecule has 1 aliphatic heterocycles. The van der Waals surface area contributed by atoms with Crippen LogP contribution in [0.3, 0.4) is 0 Å². The molecular weight excluding hydrogens is 353 g/mol. The van der Waals surface area contributed by atoms with E-state index in [1.807, 2.05) is 43.3 Å². The minimum Gasteiger partial charge on any atom is -0.378 e. The lowest BCUT2D eigenvalue weighted by atomic mass is 10.2. The predicted octanol–water partition coefficient (Wildman–Crippen LogP) is 4.00. The van der Waals surface area contributed by atoms with E-state index >= 15 is 0 Å². The van der Waals surface area contributed by atoms with Gasteiger partial charge in [0, 0.05) is 19.8 Å². The molecule has 1 N–H and O–H groups in total. The number of nitrogens with zero attached hydrogens (tertiary/aromatic N) is 2. The van der Waals surface area contributed by atoms with Crippen molar-refractivity contribution in [3.05, 3.63) is 64.8 Å². The van der Waals surface area contributed by atoms with Gasteiger partial charge < -0.3 is 10.2 Å². The van der Waals surface area contributed by atoms with Crippen molar-refractivity contribution in [1.29, 1.82) is 0 Å². The number of hydrogen-bond acceptors (Lipinski definition) is 5. The Morgan fingerprint density at radius 1 is 1.12 bits per heavy atom. The van der Waals surface area contributed by atoms with E-state index in [2.05, 4.69) is 5.32 Å². The Morgan fingerprint density at radius 2 is 1.81 bits per heavy atom. The van der Waals surface area contributed by atoms with Gasteiger partial charge in [0.2, 0.25) is 0 Å². The molecule has 1 aliphatic rings. The first-order chi connectivity index (χ1) is 12.5. The van der Waals surface area contributed by atoms with Gasteiger partial charge >= 0.3 is 0 Å². The summed E-state index contributed by atoms with van der Waals surface area (Å²) in [6, 6.07) is 13.8. The number of halogens is 1. The van der Waals surface area contributed by atoms with Crippen LogP contribution in [0.5, 0.6) is 0 Å². The highest BCUT2D eigenvalue weighted by molar-refractivity contribution is 8.18. The lowest BCUT2D eigenvalue weighted by molar-refractivity contribution is -0.122. The molecule has 1 fully saturated rings. The number of para-hydroxylation sites is 1. The third kappa shape index (κ3) is 3.88. The highest BCUT2D eigenvalue weighted by atomic mass is 32.2. The number of carbonyl (C=O) groups is 2. The lowest BCUT2D eigenvalue weighted by Gasteiger charge is -2.14. The molecule has 0 aromatic heterocycles. The quantitative estimate of drug-likeness (QED) is 0.805. The van der Waals surface area contributed by atoms with E-state index in [1.54, 1.807) is 24.3 Å². The second kappa shape index (κ2) is 7.61. The van der Waals surface area contributed by atoms with Crippen LogP contribution in [0.4, 0.5) is 20.6 Å². The average Bonchev–Trinajstić information content (AvgIpc) is 2.88. The highest BCUT2D eigenvalue weighted by Crippen LogP contribution is 2.32. The zero-order valence-corrected chi connectivity index (χ0v) is 15.2. The van der Waals surface area contributed by atoms with Gasteiger partial charge in [0.05, 0.1) is 17.3 Å². The Morgan fingerprint density at radius 3 is 2.46 bits per heavy atom. The Balaban J connectivity index is 1.71. The van der Waals surface area contributed by atoms with Crippen LogP contribution in [0.2, 0.25) is 0 Å². The van der Waals surface area contributed by atoms with E-state index in [4.69, 9.17) is 0 Å². The SMILES string of the molecule is CN(C)c1ccc(/C=C2\SC(=O)N(CNc3ccccc3F)C2=O)cc1. The number of imide groups is 1. The maximum atomic E-state index is 13.6. The molecule has 0 spiro atoms. The van der Waals surface area contributed by atoms with Gasteiger partial charge in [0.15, 0.2) is 0 Å². The third-order valence-corrected chi connectivity index (χ3v) is 4.79. The van der Waals surface area contributed by atoms with Crippen LogP contribution in [0.1, 0.15) is 5.56 Å². The number of nitrogens with one attached hydrogen (secondary N) is 1. The summed E-state index contributed by atoms with van der Waals surface area (Å²) in [6.45, 7) is -0.0808. The monoisotopic (exact) mass is 371 g/mol. The molecule has 0 radical (unpaired) electrons. The molecule has 3 rings (SSSR count). The maximum absolute atomic E-state index is 13.6. The van der Waals surface area contributed by atoms with Crippen molar-refractivity contribution in [2.75, 3.05) is 31.0 Å². The first-order valence-corrected chi connectivity index (χ1v) is 8.78. The predicted molar refractivity (Wildman–Crippen MR) is 103 cm³/mol. The van der Waals surface area contributed by atoms with Crippen LogP contribution >= 0.6 is 11.8 Å². The van der Waals surface area contributed by atoms with Crippen LogP contribution in [-0.4, -0.2) is 36.8 Å². The van der Waals surface area contributed by atoms with Gasteiger partial charge in [-0.1, -0.05) is 24.3 Å². The van der Waals surface area contributed by atoms with Crippen molar-refractivity contribution >= 4 is 40.4 Å². The number of thioether (sulfide) groups is 1. The first kappa shape index (κ1) is 18.0. The van der Waals surface area contributed by atoms with E-state index in [0.717, 1.165) is 27.9 Å². The summed E-state index contributed by atoms with van der Waals surface area (Å²) in [5.74, 6) is -0.823. The van der Waals surface area contributed by atoms with Crippen LogP contribution in [0, 0.1) is 5.82 Å². The van der Waals surface area contributed by atoms with Gasteiger partial charge in [-0.2, -0.15) is 0 Å². The fourth-order valence-corrected chi connectivity index (χ4v) is 3.26. The van der Waals surface area contributed by atoms with E-state index in [1.165, 1.54) is 6.07 Å². The first-order valence-electron chi connectivity index (χ1n) is 7.97. The number of benzene rings is 2. The largest absolute Gasteiger partial charge is 0.378 e. The number of anilines is 2. The Hall–Kier alpha value is -2.80. The Kier molecular flexibility index (Phi) is 5.27. The van der Waals surface area contributed by atoms with Crippen molar-refractivity contribution in [1.82, 2.24) is 4.90 Å². The zero-order chi connectivity index (χ0) is 18.7. The van der Waals surface area contributed by atoms with Crippen LogP contribution in [0.25, 0.3) is 6.08 Å². The van der Waals surface area contributed by atoms with Gasteiger partial charge in [-0.15, -0.1) is 0 Å². The van der Waals surface area contributed by atoms with Crippen LogP contribution in [-0.2, 0) is 4.79 Å². The van der Waals surface area contributed by atoms with Crippen LogP contribution in [0.15, 0.2) is 53.4 Å². The van der Waals surface area contributed by atoms with E-state index in [0.29, 0.717) is 4.91 Å².